The Morgan fingerprint density at radius 1 is 1.07 bits per heavy atom. The van der Waals surface area contributed by atoms with Crippen LogP contribution in [0.15, 0.2) is 59.8 Å². The molecule has 1 N–H and O–H groups in total. The van der Waals surface area contributed by atoms with E-state index in [0.717, 1.165) is 28.0 Å². The Morgan fingerprint density at radius 3 is 2.40 bits per heavy atom. The second-order valence-corrected chi connectivity index (χ2v) is 8.38. The highest BCUT2D eigenvalue weighted by Gasteiger charge is 2.23. The summed E-state index contributed by atoms with van der Waals surface area (Å²) in [6, 6.07) is 17.9. The highest BCUT2D eigenvalue weighted by molar-refractivity contribution is 7.98. The Morgan fingerprint density at radius 2 is 1.77 bits per heavy atom. The molecule has 3 rings (SSSR count). The Hall–Kier alpha value is -2.80. The minimum atomic E-state index is -0.241. The third-order valence-corrected chi connectivity index (χ3v) is 5.92. The summed E-state index contributed by atoms with van der Waals surface area (Å²) in [4.78, 5) is 12.4. The first-order chi connectivity index (χ1) is 14.5. The molecule has 1 atom stereocenters. The number of nitrogens with zero attached hydrogens (tertiary/aromatic N) is 3. The number of aromatic nitrogens is 3. The summed E-state index contributed by atoms with van der Waals surface area (Å²) >= 11 is 1.62. The minimum Gasteiger partial charge on any atom is -0.497 e. The van der Waals surface area contributed by atoms with Crippen molar-refractivity contribution in [2.75, 3.05) is 7.11 Å². The molecule has 0 radical (unpaired) electrons. The van der Waals surface area contributed by atoms with Gasteiger partial charge < -0.3 is 14.6 Å². The lowest BCUT2D eigenvalue weighted by Gasteiger charge is -2.19. The number of rotatable bonds is 9. The number of carbonyl (C=O) groups is 1. The lowest BCUT2D eigenvalue weighted by atomic mass is 10.0. The van der Waals surface area contributed by atoms with Crippen LogP contribution in [0.2, 0.25) is 0 Å². The normalized spacial score (nSPS) is 12.0. The second kappa shape index (κ2) is 10.3. The first-order valence-electron chi connectivity index (χ1n) is 9.97. The van der Waals surface area contributed by atoms with E-state index in [4.69, 9.17) is 4.74 Å². The van der Waals surface area contributed by atoms with Crippen LogP contribution in [0.3, 0.4) is 0 Å². The van der Waals surface area contributed by atoms with E-state index in [1.54, 1.807) is 18.9 Å². The number of benzene rings is 2. The van der Waals surface area contributed by atoms with Gasteiger partial charge in [0.05, 0.1) is 13.2 Å². The Balaban J connectivity index is 1.76. The van der Waals surface area contributed by atoms with Crippen molar-refractivity contribution in [3.63, 3.8) is 0 Å². The van der Waals surface area contributed by atoms with Crippen molar-refractivity contribution in [2.45, 2.75) is 37.2 Å². The van der Waals surface area contributed by atoms with Crippen molar-refractivity contribution in [3.05, 3.63) is 71.5 Å². The Kier molecular flexibility index (Phi) is 7.52. The minimum absolute atomic E-state index is 0.00590. The molecule has 158 valence electrons. The largest absolute Gasteiger partial charge is 0.497 e. The number of thioether (sulfide) groups is 1. The van der Waals surface area contributed by atoms with Gasteiger partial charge in [-0.15, -0.1) is 10.2 Å². The first kappa shape index (κ1) is 21.9. The Labute approximate surface area is 182 Å². The molecule has 0 aliphatic carbocycles. The van der Waals surface area contributed by atoms with Crippen LogP contribution < -0.4 is 10.1 Å². The van der Waals surface area contributed by atoms with Gasteiger partial charge >= 0.3 is 0 Å². The summed E-state index contributed by atoms with van der Waals surface area (Å²) in [5.74, 6) is 2.28. The van der Waals surface area contributed by atoms with Crippen LogP contribution in [0.25, 0.3) is 0 Å². The molecule has 7 heteroatoms. The lowest BCUT2D eigenvalue weighted by Crippen LogP contribution is -2.34. The van der Waals surface area contributed by atoms with E-state index >= 15 is 0 Å². The predicted octanol–water partition coefficient (Wildman–Crippen LogP) is 4.17. The van der Waals surface area contributed by atoms with E-state index in [1.807, 2.05) is 67.9 Å². The van der Waals surface area contributed by atoms with Gasteiger partial charge in [-0.05, 0) is 29.7 Å². The smallest absolute Gasteiger partial charge is 0.223 e. The number of ether oxygens (including phenoxy) is 1. The van der Waals surface area contributed by atoms with Crippen molar-refractivity contribution in [1.29, 1.82) is 0 Å². The molecule has 0 unspecified atom stereocenters. The third-order valence-electron chi connectivity index (χ3n) is 4.83. The maximum atomic E-state index is 12.4. The molecule has 0 spiro atoms. The van der Waals surface area contributed by atoms with E-state index in [1.165, 1.54) is 5.56 Å². The van der Waals surface area contributed by atoms with E-state index in [9.17, 15) is 4.79 Å². The predicted molar refractivity (Wildman–Crippen MR) is 119 cm³/mol. The molecular weight excluding hydrogens is 396 g/mol. The molecule has 0 saturated heterocycles. The number of hydrogen-bond acceptors (Lipinski definition) is 5. The zero-order valence-corrected chi connectivity index (χ0v) is 18.6. The second-order valence-electron chi connectivity index (χ2n) is 7.44. The standard InChI is InChI=1S/C23H28N4O2S/c1-16(2)22(28)24-20(14-17-8-6-5-7-9-17)21-25-26-23(27(21)3)30-15-18-10-12-19(29-4)13-11-18/h5-13,16,20H,14-15H2,1-4H3,(H,24,28)/t20-/m0/s1. The van der Waals surface area contributed by atoms with Gasteiger partial charge in [-0.1, -0.05) is 68.1 Å². The number of carbonyl (C=O) groups excluding carboxylic acids is 1. The molecule has 1 aromatic heterocycles. The Bertz CT molecular complexity index is 955. The zero-order valence-electron chi connectivity index (χ0n) is 17.8. The van der Waals surface area contributed by atoms with Gasteiger partial charge in [0.25, 0.3) is 0 Å². The highest BCUT2D eigenvalue weighted by Crippen LogP contribution is 2.25. The summed E-state index contributed by atoms with van der Waals surface area (Å²) in [5.41, 5.74) is 2.32. The number of nitrogens with one attached hydrogen (secondary N) is 1. The van der Waals surface area contributed by atoms with Gasteiger partial charge in [0, 0.05) is 18.7 Å². The van der Waals surface area contributed by atoms with Gasteiger partial charge in [-0.25, -0.2) is 0 Å². The third kappa shape index (κ3) is 5.63. The number of hydrogen-bond donors (Lipinski definition) is 1. The molecular formula is C23H28N4O2S. The number of amides is 1. The maximum Gasteiger partial charge on any atom is 0.223 e. The molecule has 0 bridgehead atoms. The van der Waals surface area contributed by atoms with Gasteiger partial charge in [0.15, 0.2) is 11.0 Å². The van der Waals surface area contributed by atoms with Crippen molar-refractivity contribution >= 4 is 17.7 Å². The highest BCUT2D eigenvalue weighted by atomic mass is 32.2. The molecule has 1 amide bonds. The summed E-state index contributed by atoms with van der Waals surface area (Å²) in [6.45, 7) is 3.78. The van der Waals surface area contributed by atoms with Crippen molar-refractivity contribution in [1.82, 2.24) is 20.1 Å². The fraction of sp³-hybridized carbons (Fsp3) is 0.348. The van der Waals surface area contributed by atoms with E-state index < -0.39 is 0 Å². The monoisotopic (exact) mass is 424 g/mol. The fourth-order valence-corrected chi connectivity index (χ4v) is 3.89. The lowest BCUT2D eigenvalue weighted by molar-refractivity contribution is -0.124. The molecule has 3 aromatic rings. The number of methoxy groups -OCH3 is 1. The van der Waals surface area contributed by atoms with Gasteiger partial charge in [0.2, 0.25) is 5.91 Å². The van der Waals surface area contributed by atoms with Crippen LogP contribution in [-0.2, 0) is 24.0 Å². The molecule has 30 heavy (non-hydrogen) atoms. The summed E-state index contributed by atoms with van der Waals surface area (Å²) in [6.07, 6.45) is 0.661. The maximum absolute atomic E-state index is 12.4. The SMILES string of the molecule is COc1ccc(CSc2nnc([C@H](Cc3ccccc3)NC(=O)C(C)C)n2C)cc1. The van der Waals surface area contributed by atoms with Crippen molar-refractivity contribution < 1.29 is 9.53 Å². The molecule has 1 heterocycles. The molecule has 0 aliphatic heterocycles. The van der Waals surface area contributed by atoms with Crippen molar-refractivity contribution in [3.8, 4) is 5.75 Å². The van der Waals surface area contributed by atoms with Crippen LogP contribution in [0.5, 0.6) is 5.75 Å². The summed E-state index contributed by atoms with van der Waals surface area (Å²) in [7, 11) is 3.61. The van der Waals surface area contributed by atoms with Crippen LogP contribution in [-0.4, -0.2) is 27.8 Å². The topological polar surface area (TPSA) is 69.0 Å². The van der Waals surface area contributed by atoms with Gasteiger partial charge in [-0.2, -0.15) is 0 Å². The van der Waals surface area contributed by atoms with Crippen LogP contribution >= 0.6 is 11.8 Å². The zero-order chi connectivity index (χ0) is 21.5. The quantitative estimate of drug-likeness (QED) is 0.522. The first-order valence-corrected chi connectivity index (χ1v) is 11.0. The van der Waals surface area contributed by atoms with Gasteiger partial charge in [-0.3, -0.25) is 4.79 Å². The summed E-state index contributed by atoms with van der Waals surface area (Å²) in [5, 5.41) is 12.8. The summed E-state index contributed by atoms with van der Waals surface area (Å²) < 4.78 is 7.18. The molecule has 2 aromatic carbocycles. The molecule has 0 aliphatic rings. The molecule has 0 fully saturated rings. The van der Waals surface area contributed by atoms with Crippen LogP contribution in [0.1, 0.15) is 36.8 Å². The van der Waals surface area contributed by atoms with Crippen molar-refractivity contribution in [2.24, 2.45) is 13.0 Å². The van der Waals surface area contributed by atoms with E-state index in [-0.39, 0.29) is 17.9 Å². The average Bonchev–Trinajstić information content (AvgIpc) is 3.13. The fourth-order valence-electron chi connectivity index (χ4n) is 3.02. The molecule has 0 saturated carbocycles. The van der Waals surface area contributed by atoms with Crippen LogP contribution in [0.4, 0.5) is 0 Å². The van der Waals surface area contributed by atoms with Crippen LogP contribution in [0, 0.1) is 5.92 Å². The van der Waals surface area contributed by atoms with E-state index in [2.05, 4.69) is 27.6 Å². The molecule has 6 nitrogen and oxygen atoms in total. The average molecular weight is 425 g/mol. The van der Waals surface area contributed by atoms with Gasteiger partial charge in [0.1, 0.15) is 5.75 Å². The van der Waals surface area contributed by atoms with E-state index in [0.29, 0.717) is 6.42 Å².